The molecule has 6 aliphatic rings. The van der Waals surface area contributed by atoms with Gasteiger partial charge in [-0.15, -0.1) is 0 Å². The van der Waals surface area contributed by atoms with E-state index >= 15 is 0 Å². The molecule has 0 spiro atoms. The third kappa shape index (κ3) is 4.20. The van der Waals surface area contributed by atoms with Crippen molar-refractivity contribution in [1.82, 2.24) is 15.1 Å². The summed E-state index contributed by atoms with van der Waals surface area (Å²) < 4.78 is 0. The first-order valence-electron chi connectivity index (χ1n) is 14.7. The van der Waals surface area contributed by atoms with Crippen LogP contribution in [0.25, 0.3) is 0 Å². The molecule has 2 bridgehead atoms. The van der Waals surface area contributed by atoms with E-state index in [1.54, 1.807) is 0 Å². The van der Waals surface area contributed by atoms with Crippen LogP contribution in [-0.4, -0.2) is 60.5 Å². The van der Waals surface area contributed by atoms with Crippen molar-refractivity contribution in [2.45, 2.75) is 109 Å². The number of likely N-dealkylation sites (tertiary alicyclic amines) is 2. The molecule has 0 aromatic heterocycles. The summed E-state index contributed by atoms with van der Waals surface area (Å²) in [7, 11) is 2.44. The molecule has 6 fully saturated rings. The van der Waals surface area contributed by atoms with Gasteiger partial charge in [-0.2, -0.15) is 0 Å². The second-order valence-corrected chi connectivity index (χ2v) is 13.7. The monoisotopic (exact) mass is 455 g/mol. The van der Waals surface area contributed by atoms with Crippen LogP contribution in [0.3, 0.4) is 0 Å². The van der Waals surface area contributed by atoms with Crippen molar-refractivity contribution < 1.29 is 4.79 Å². The highest BCUT2D eigenvalue weighted by atomic mass is 16.1. The predicted molar refractivity (Wildman–Crippen MR) is 134 cm³/mol. The summed E-state index contributed by atoms with van der Waals surface area (Å²) in [6.45, 7) is 7.30. The Hall–Kier alpha value is -0.610. The van der Waals surface area contributed by atoms with E-state index in [1.165, 1.54) is 77.2 Å². The number of carbonyl (C=O) groups excluding carboxylic acids is 1. The van der Waals surface area contributed by atoms with Crippen molar-refractivity contribution >= 4 is 6.41 Å². The highest BCUT2D eigenvalue weighted by Crippen LogP contribution is 2.52. The number of piperidine rings is 3. The quantitative estimate of drug-likeness (QED) is 0.622. The lowest BCUT2D eigenvalue weighted by Gasteiger charge is -2.50. The molecule has 3 heterocycles. The van der Waals surface area contributed by atoms with Crippen LogP contribution in [-0.2, 0) is 4.79 Å². The molecule has 0 radical (unpaired) electrons. The number of amides is 1. The molecular formula is C29H49N3O. The SMILES string of the molecule is C[C@@H]1C[C@@H]2C[C@H]3N[C@H](C[C@H]4C[C@@H](C)C[C@@H]5[C@@H]4CCCN5C=O)CC[C@@H]3[C@H]3C[C@H]2[C@@H](C1)N(C)C3. The third-order valence-electron chi connectivity index (χ3n) is 11.6. The van der Waals surface area contributed by atoms with E-state index in [1.807, 2.05) is 0 Å². The molecule has 3 aliphatic heterocycles. The van der Waals surface area contributed by atoms with Crippen molar-refractivity contribution in [2.75, 3.05) is 20.1 Å². The van der Waals surface area contributed by atoms with Crippen LogP contribution in [0, 0.1) is 47.3 Å². The number of nitrogens with zero attached hydrogens (tertiary/aromatic N) is 2. The molecule has 0 aromatic rings. The fraction of sp³-hybridized carbons (Fsp3) is 0.966. The summed E-state index contributed by atoms with van der Waals surface area (Å²) in [5.41, 5.74) is 0. The van der Waals surface area contributed by atoms with E-state index < -0.39 is 0 Å². The number of carbonyl (C=O) groups is 1. The summed E-state index contributed by atoms with van der Waals surface area (Å²) in [4.78, 5) is 16.7. The van der Waals surface area contributed by atoms with Gasteiger partial charge in [-0.05, 0) is 125 Å². The average molecular weight is 456 g/mol. The zero-order valence-corrected chi connectivity index (χ0v) is 21.5. The number of fused-ring (bicyclic) bond motifs is 4. The first kappa shape index (κ1) is 22.8. The second kappa shape index (κ2) is 9.12. The zero-order chi connectivity index (χ0) is 22.7. The van der Waals surface area contributed by atoms with Gasteiger partial charge in [0, 0.05) is 37.3 Å². The van der Waals surface area contributed by atoms with Crippen LogP contribution < -0.4 is 5.32 Å². The fourth-order valence-electron chi connectivity index (χ4n) is 10.4. The van der Waals surface area contributed by atoms with E-state index in [9.17, 15) is 4.79 Å². The molecule has 0 unspecified atom stereocenters. The Bertz CT molecular complexity index is 713. The Kier molecular flexibility index (Phi) is 6.31. The zero-order valence-electron chi connectivity index (χ0n) is 21.5. The van der Waals surface area contributed by atoms with Crippen LogP contribution in [0.15, 0.2) is 0 Å². The van der Waals surface area contributed by atoms with E-state index in [2.05, 4.69) is 36.0 Å². The topological polar surface area (TPSA) is 35.6 Å². The predicted octanol–water partition coefficient (Wildman–Crippen LogP) is 4.78. The number of hydrogen-bond donors (Lipinski definition) is 1. The second-order valence-electron chi connectivity index (χ2n) is 13.7. The molecule has 0 aromatic carbocycles. The summed E-state index contributed by atoms with van der Waals surface area (Å²) in [5, 5.41) is 4.32. The first-order chi connectivity index (χ1) is 16.0. The van der Waals surface area contributed by atoms with Gasteiger partial charge in [0.15, 0.2) is 0 Å². The molecule has 3 aliphatic carbocycles. The molecule has 6 rings (SSSR count). The molecule has 186 valence electrons. The number of rotatable bonds is 3. The minimum absolute atomic E-state index is 0.523. The number of nitrogens with one attached hydrogen (secondary N) is 1. The molecule has 33 heavy (non-hydrogen) atoms. The van der Waals surface area contributed by atoms with Crippen molar-refractivity contribution in [3.63, 3.8) is 0 Å². The fourth-order valence-corrected chi connectivity index (χ4v) is 10.4. The van der Waals surface area contributed by atoms with Gasteiger partial charge in [-0.1, -0.05) is 13.8 Å². The van der Waals surface area contributed by atoms with Crippen LogP contribution >= 0.6 is 0 Å². The molecular weight excluding hydrogens is 406 g/mol. The minimum Gasteiger partial charge on any atom is -0.342 e. The smallest absolute Gasteiger partial charge is 0.209 e. The van der Waals surface area contributed by atoms with Crippen LogP contribution in [0.1, 0.15) is 84.5 Å². The molecule has 1 amide bonds. The maximum absolute atomic E-state index is 11.7. The highest BCUT2D eigenvalue weighted by Gasteiger charge is 2.51. The van der Waals surface area contributed by atoms with Gasteiger partial charge in [0.25, 0.3) is 0 Å². The van der Waals surface area contributed by atoms with E-state index in [0.29, 0.717) is 12.1 Å². The molecule has 1 N–H and O–H groups in total. The van der Waals surface area contributed by atoms with Crippen molar-refractivity contribution in [1.29, 1.82) is 0 Å². The Labute approximate surface area is 202 Å². The summed E-state index contributed by atoms with van der Waals surface area (Å²) in [5.74, 6) is 6.97. The van der Waals surface area contributed by atoms with E-state index in [4.69, 9.17) is 0 Å². The standard InChI is InChI=1S/C29H49N3O/c1-18-10-21-15-27-24(22-14-26(21)28(11-18)31(3)16-22)7-6-23(30-27)13-20-9-19(2)12-29-25(20)5-4-8-32(29)17-33/h17-30H,4-16H2,1-3H3/t18-,19-,20-,21-,22+,23+,24-,25-,26-,27-,28-,29-/m1/s1. The summed E-state index contributed by atoms with van der Waals surface area (Å²) in [6, 6.07) is 2.85. The lowest BCUT2D eigenvalue weighted by Crippen LogP contribution is -2.54. The Morgan fingerprint density at radius 3 is 2.52 bits per heavy atom. The van der Waals surface area contributed by atoms with Crippen molar-refractivity contribution in [3.05, 3.63) is 0 Å². The third-order valence-corrected chi connectivity index (χ3v) is 11.6. The van der Waals surface area contributed by atoms with Gasteiger partial charge in [0.2, 0.25) is 6.41 Å². The Morgan fingerprint density at radius 2 is 1.67 bits per heavy atom. The molecule has 3 saturated carbocycles. The first-order valence-corrected chi connectivity index (χ1v) is 14.7. The molecule has 12 atom stereocenters. The Balaban J connectivity index is 1.16. The number of hydrogen-bond acceptors (Lipinski definition) is 3. The molecule has 3 saturated heterocycles. The summed E-state index contributed by atoms with van der Waals surface area (Å²) >= 11 is 0. The van der Waals surface area contributed by atoms with Gasteiger partial charge in [0.1, 0.15) is 0 Å². The molecule has 4 heteroatoms. The normalized spacial score (nSPS) is 52.4. The lowest BCUT2D eigenvalue weighted by molar-refractivity contribution is -0.126. The van der Waals surface area contributed by atoms with Crippen molar-refractivity contribution in [2.24, 2.45) is 47.3 Å². The summed E-state index contributed by atoms with van der Waals surface area (Å²) in [6.07, 6.45) is 16.4. The van der Waals surface area contributed by atoms with E-state index in [0.717, 1.165) is 72.4 Å². The largest absolute Gasteiger partial charge is 0.342 e. The maximum atomic E-state index is 11.7. The van der Waals surface area contributed by atoms with Crippen LogP contribution in [0.4, 0.5) is 0 Å². The van der Waals surface area contributed by atoms with Crippen LogP contribution in [0.5, 0.6) is 0 Å². The van der Waals surface area contributed by atoms with Crippen molar-refractivity contribution in [3.8, 4) is 0 Å². The van der Waals surface area contributed by atoms with Gasteiger partial charge < -0.3 is 15.1 Å². The lowest BCUT2D eigenvalue weighted by atomic mass is 9.65. The van der Waals surface area contributed by atoms with Gasteiger partial charge in [-0.3, -0.25) is 4.79 Å². The van der Waals surface area contributed by atoms with Gasteiger partial charge >= 0.3 is 0 Å². The van der Waals surface area contributed by atoms with Gasteiger partial charge in [0.05, 0.1) is 0 Å². The molecule has 4 nitrogen and oxygen atoms in total. The highest BCUT2D eigenvalue weighted by molar-refractivity contribution is 5.48. The average Bonchev–Trinajstić information content (AvgIpc) is 2.92. The van der Waals surface area contributed by atoms with Crippen LogP contribution in [0.2, 0.25) is 0 Å². The maximum Gasteiger partial charge on any atom is 0.209 e. The van der Waals surface area contributed by atoms with Gasteiger partial charge in [-0.25, -0.2) is 0 Å². The minimum atomic E-state index is 0.523. The Morgan fingerprint density at radius 1 is 0.848 bits per heavy atom. The van der Waals surface area contributed by atoms with E-state index in [-0.39, 0.29) is 0 Å².